The van der Waals surface area contributed by atoms with E-state index in [0.29, 0.717) is 41.2 Å². The summed E-state index contributed by atoms with van der Waals surface area (Å²) in [5, 5.41) is 2.94. The van der Waals surface area contributed by atoms with Gasteiger partial charge >= 0.3 is 6.03 Å². The number of hydrogen-bond acceptors (Lipinski definition) is 5. The van der Waals surface area contributed by atoms with Gasteiger partial charge in [0.25, 0.3) is 0 Å². The van der Waals surface area contributed by atoms with Crippen molar-refractivity contribution < 1.29 is 23.8 Å². The summed E-state index contributed by atoms with van der Waals surface area (Å²) in [5.74, 6) is 1.47. The summed E-state index contributed by atoms with van der Waals surface area (Å²) >= 11 is 0. The van der Waals surface area contributed by atoms with Gasteiger partial charge in [0.2, 0.25) is 5.75 Å². The first-order valence-electron chi connectivity index (χ1n) is 8.82. The molecule has 0 saturated carbocycles. The number of rotatable bonds is 4. The van der Waals surface area contributed by atoms with Crippen molar-refractivity contribution in [3.05, 3.63) is 29.0 Å². The Kier molecular flexibility index (Phi) is 4.80. The molecule has 1 N–H and O–H groups in total. The minimum absolute atomic E-state index is 0.0480. The molecule has 7 heteroatoms. The van der Waals surface area contributed by atoms with Crippen LogP contribution in [0.3, 0.4) is 0 Å². The smallest absolute Gasteiger partial charge is 0.322 e. The highest BCUT2D eigenvalue weighted by Gasteiger charge is 2.43. The van der Waals surface area contributed by atoms with Crippen molar-refractivity contribution in [3.8, 4) is 17.2 Å². The van der Waals surface area contributed by atoms with Crippen molar-refractivity contribution in [1.82, 2.24) is 10.2 Å². The second-order valence-electron chi connectivity index (χ2n) is 7.70. The summed E-state index contributed by atoms with van der Waals surface area (Å²) in [6.45, 7) is 4.09. The second kappa shape index (κ2) is 6.79. The minimum Gasteiger partial charge on any atom is -0.493 e. The van der Waals surface area contributed by atoms with Gasteiger partial charge < -0.3 is 24.4 Å². The molecule has 0 aromatic heterocycles. The van der Waals surface area contributed by atoms with Gasteiger partial charge in [-0.05, 0) is 29.5 Å². The van der Waals surface area contributed by atoms with E-state index in [1.54, 1.807) is 24.1 Å². The lowest BCUT2D eigenvalue weighted by Gasteiger charge is -2.42. The van der Waals surface area contributed by atoms with Gasteiger partial charge in [0, 0.05) is 24.7 Å². The number of nitrogens with one attached hydrogen (secondary N) is 1. The number of carbonyl (C=O) groups is 2. The molecule has 0 unspecified atom stereocenters. The molecule has 1 aromatic rings. The average Bonchev–Trinajstić information content (AvgIpc) is 2.62. The van der Waals surface area contributed by atoms with Gasteiger partial charge in [0.1, 0.15) is 0 Å². The number of nitrogens with zero attached hydrogens (tertiary/aromatic N) is 1. The summed E-state index contributed by atoms with van der Waals surface area (Å²) in [7, 11) is 6.30. The van der Waals surface area contributed by atoms with Crippen LogP contribution in [0.25, 0.3) is 0 Å². The average molecular weight is 374 g/mol. The fourth-order valence-corrected chi connectivity index (χ4v) is 3.86. The number of benzene rings is 1. The molecule has 3 rings (SSSR count). The highest BCUT2D eigenvalue weighted by atomic mass is 16.5. The molecule has 0 fully saturated rings. The van der Waals surface area contributed by atoms with Gasteiger partial charge in [-0.3, -0.25) is 4.79 Å². The van der Waals surface area contributed by atoms with E-state index >= 15 is 0 Å². The molecule has 146 valence electrons. The van der Waals surface area contributed by atoms with E-state index in [1.807, 2.05) is 13.8 Å². The van der Waals surface area contributed by atoms with E-state index < -0.39 is 6.04 Å². The predicted molar refractivity (Wildman–Crippen MR) is 100 cm³/mol. The third kappa shape index (κ3) is 3.22. The van der Waals surface area contributed by atoms with Crippen LogP contribution in [0.5, 0.6) is 17.2 Å². The summed E-state index contributed by atoms with van der Waals surface area (Å²) in [6, 6.07) is 2.75. The predicted octanol–water partition coefficient (Wildman–Crippen LogP) is 3.05. The van der Waals surface area contributed by atoms with Crippen LogP contribution >= 0.6 is 0 Å². The van der Waals surface area contributed by atoms with Crippen LogP contribution in [0.4, 0.5) is 4.79 Å². The topological polar surface area (TPSA) is 77.1 Å². The van der Waals surface area contributed by atoms with Crippen LogP contribution in [-0.2, 0) is 4.79 Å². The zero-order valence-corrected chi connectivity index (χ0v) is 16.6. The Bertz CT molecular complexity index is 803. The molecule has 27 heavy (non-hydrogen) atoms. The van der Waals surface area contributed by atoms with E-state index in [-0.39, 0.29) is 17.2 Å². The summed E-state index contributed by atoms with van der Waals surface area (Å²) < 4.78 is 16.2. The molecule has 1 aromatic carbocycles. The zero-order chi connectivity index (χ0) is 19.9. The van der Waals surface area contributed by atoms with Gasteiger partial charge in [0.05, 0.1) is 27.4 Å². The van der Waals surface area contributed by atoms with Crippen molar-refractivity contribution in [3.63, 3.8) is 0 Å². The van der Waals surface area contributed by atoms with Crippen molar-refractivity contribution in [2.24, 2.45) is 5.41 Å². The van der Waals surface area contributed by atoms with E-state index in [4.69, 9.17) is 14.2 Å². The van der Waals surface area contributed by atoms with Crippen molar-refractivity contribution in [2.45, 2.75) is 32.7 Å². The van der Waals surface area contributed by atoms with E-state index in [0.717, 1.165) is 5.70 Å². The van der Waals surface area contributed by atoms with Crippen LogP contribution in [0, 0.1) is 5.41 Å². The normalized spacial score (nSPS) is 21.6. The molecule has 0 spiro atoms. The lowest BCUT2D eigenvalue weighted by molar-refractivity contribution is -0.118. The number of Topliss-reactive ketones (excluding diaryl/α,β-unsaturated/α-hetero) is 1. The first kappa shape index (κ1) is 19.1. The quantitative estimate of drug-likeness (QED) is 0.876. The van der Waals surface area contributed by atoms with Crippen LogP contribution in [0.1, 0.15) is 38.3 Å². The van der Waals surface area contributed by atoms with Crippen LogP contribution in [0.2, 0.25) is 0 Å². The Labute approximate surface area is 159 Å². The molecule has 1 atom stereocenters. The lowest BCUT2D eigenvalue weighted by atomic mass is 9.72. The van der Waals surface area contributed by atoms with Gasteiger partial charge in [-0.1, -0.05) is 13.8 Å². The third-order valence-corrected chi connectivity index (χ3v) is 5.18. The largest absolute Gasteiger partial charge is 0.493 e. The highest BCUT2D eigenvalue weighted by molar-refractivity contribution is 6.01. The number of amides is 2. The number of ether oxygens (including phenoxy) is 3. The molecule has 0 radical (unpaired) electrons. The van der Waals surface area contributed by atoms with Gasteiger partial charge in [0.15, 0.2) is 17.3 Å². The monoisotopic (exact) mass is 374 g/mol. The molecule has 7 nitrogen and oxygen atoms in total. The Hall–Kier alpha value is -2.70. The lowest BCUT2D eigenvalue weighted by Crippen LogP contribution is -2.49. The maximum atomic E-state index is 13.0. The Morgan fingerprint density at radius 1 is 1.04 bits per heavy atom. The highest BCUT2D eigenvalue weighted by Crippen LogP contribution is 2.46. The summed E-state index contributed by atoms with van der Waals surface area (Å²) in [4.78, 5) is 27.1. The first-order valence-corrected chi connectivity index (χ1v) is 8.82. The number of methoxy groups -OCH3 is 3. The van der Waals surface area contributed by atoms with Crippen LogP contribution in [-0.4, -0.2) is 45.1 Å². The maximum Gasteiger partial charge on any atom is 0.322 e. The number of hydrogen-bond donors (Lipinski definition) is 1. The molecule has 2 amide bonds. The Morgan fingerprint density at radius 2 is 1.63 bits per heavy atom. The van der Waals surface area contributed by atoms with Crippen molar-refractivity contribution >= 4 is 11.8 Å². The van der Waals surface area contributed by atoms with E-state index in [9.17, 15) is 9.59 Å². The molecule has 1 heterocycles. The fourth-order valence-electron chi connectivity index (χ4n) is 3.86. The number of carbonyl (C=O) groups excluding carboxylic acids is 2. The van der Waals surface area contributed by atoms with Gasteiger partial charge in [-0.25, -0.2) is 4.79 Å². The van der Waals surface area contributed by atoms with Crippen LogP contribution < -0.4 is 19.5 Å². The number of allylic oxidation sites excluding steroid dienone is 1. The van der Waals surface area contributed by atoms with Crippen LogP contribution in [0.15, 0.2) is 23.4 Å². The molecular weight excluding hydrogens is 348 g/mol. The standard InChI is InChI=1S/C20H26N2O5/c1-20(2)9-12-16(13(23)10-20)17(21-19(24)22(12)3)11-7-14(25-4)18(27-6)15(8-11)26-5/h7-8,17H,9-10H2,1-6H3,(H,21,24)/t17-/m0/s1. The first-order chi connectivity index (χ1) is 12.7. The second-order valence-corrected chi connectivity index (χ2v) is 7.70. The maximum absolute atomic E-state index is 13.0. The third-order valence-electron chi connectivity index (χ3n) is 5.18. The molecular formula is C20H26N2O5. The fraction of sp³-hybridized carbons (Fsp3) is 0.500. The Morgan fingerprint density at radius 3 is 2.15 bits per heavy atom. The molecule has 1 aliphatic carbocycles. The zero-order valence-electron chi connectivity index (χ0n) is 16.6. The Balaban J connectivity index is 2.17. The van der Waals surface area contributed by atoms with E-state index in [2.05, 4.69) is 5.32 Å². The molecule has 1 aliphatic heterocycles. The van der Waals surface area contributed by atoms with Crippen molar-refractivity contribution in [1.29, 1.82) is 0 Å². The number of ketones is 1. The van der Waals surface area contributed by atoms with E-state index in [1.165, 1.54) is 21.3 Å². The minimum atomic E-state index is -0.555. The SMILES string of the molecule is COc1cc([C@@H]2NC(=O)N(C)C3=C2C(=O)CC(C)(C)C3)cc(OC)c1OC. The molecule has 2 aliphatic rings. The number of urea groups is 1. The van der Waals surface area contributed by atoms with Gasteiger partial charge in [-0.15, -0.1) is 0 Å². The van der Waals surface area contributed by atoms with Crippen molar-refractivity contribution in [2.75, 3.05) is 28.4 Å². The summed E-state index contributed by atoms with van der Waals surface area (Å²) in [6.07, 6.45) is 1.11. The molecule has 0 bridgehead atoms. The summed E-state index contributed by atoms with van der Waals surface area (Å²) in [5.41, 5.74) is 1.94. The molecule has 0 saturated heterocycles. The van der Waals surface area contributed by atoms with Gasteiger partial charge in [-0.2, -0.15) is 0 Å².